The molecule has 6 nitrogen and oxygen atoms in total. The quantitative estimate of drug-likeness (QED) is 0.591. The van der Waals surface area contributed by atoms with Gasteiger partial charge in [0.1, 0.15) is 0 Å². The summed E-state index contributed by atoms with van der Waals surface area (Å²) in [6.45, 7) is 1.49. The van der Waals surface area contributed by atoms with E-state index in [9.17, 15) is 8.42 Å². The monoisotopic (exact) mass is 357 g/mol. The van der Waals surface area contributed by atoms with Crippen molar-refractivity contribution in [3.8, 4) is 0 Å². The SMILES string of the molecule is CN=C(NCC1CCS(=O)(=O)C1)NC1CCOC2(CCCCC2)C1. The average molecular weight is 358 g/mol. The van der Waals surface area contributed by atoms with Crippen molar-refractivity contribution in [1.82, 2.24) is 10.6 Å². The van der Waals surface area contributed by atoms with E-state index < -0.39 is 9.84 Å². The van der Waals surface area contributed by atoms with Gasteiger partial charge in [-0.2, -0.15) is 0 Å². The minimum absolute atomic E-state index is 0.0759. The number of hydrogen-bond donors (Lipinski definition) is 2. The normalized spacial score (nSPS) is 32.6. The summed E-state index contributed by atoms with van der Waals surface area (Å²) in [7, 11) is -1.04. The fourth-order valence-corrected chi connectivity index (χ4v) is 6.22. The van der Waals surface area contributed by atoms with Gasteiger partial charge in [-0.05, 0) is 38.0 Å². The highest BCUT2D eigenvalue weighted by Crippen LogP contribution is 2.38. The van der Waals surface area contributed by atoms with Crippen LogP contribution < -0.4 is 10.6 Å². The number of guanidine groups is 1. The van der Waals surface area contributed by atoms with E-state index in [0.717, 1.165) is 31.8 Å². The van der Waals surface area contributed by atoms with Gasteiger partial charge in [-0.15, -0.1) is 0 Å². The van der Waals surface area contributed by atoms with Gasteiger partial charge in [-0.1, -0.05) is 19.3 Å². The lowest BCUT2D eigenvalue weighted by Gasteiger charge is -2.44. The number of sulfone groups is 1. The molecular weight excluding hydrogens is 326 g/mol. The van der Waals surface area contributed by atoms with Crippen molar-refractivity contribution in [2.75, 3.05) is 31.7 Å². The smallest absolute Gasteiger partial charge is 0.191 e. The molecule has 7 heteroatoms. The Morgan fingerprint density at radius 2 is 2.04 bits per heavy atom. The van der Waals surface area contributed by atoms with Crippen molar-refractivity contribution in [2.45, 2.75) is 63.0 Å². The highest BCUT2D eigenvalue weighted by atomic mass is 32.2. The van der Waals surface area contributed by atoms with Gasteiger partial charge in [0, 0.05) is 26.2 Å². The molecule has 2 N–H and O–H groups in total. The van der Waals surface area contributed by atoms with Crippen LogP contribution >= 0.6 is 0 Å². The van der Waals surface area contributed by atoms with Gasteiger partial charge in [0.15, 0.2) is 15.8 Å². The van der Waals surface area contributed by atoms with Gasteiger partial charge in [0.05, 0.1) is 17.1 Å². The zero-order valence-electron chi connectivity index (χ0n) is 14.7. The van der Waals surface area contributed by atoms with E-state index in [4.69, 9.17) is 4.74 Å². The first-order valence-corrected chi connectivity index (χ1v) is 11.1. The third kappa shape index (κ3) is 4.63. The molecule has 3 fully saturated rings. The number of nitrogens with one attached hydrogen (secondary N) is 2. The van der Waals surface area contributed by atoms with Crippen molar-refractivity contribution < 1.29 is 13.2 Å². The van der Waals surface area contributed by atoms with Crippen LogP contribution in [0.4, 0.5) is 0 Å². The Morgan fingerprint density at radius 3 is 2.71 bits per heavy atom. The second-order valence-electron chi connectivity index (χ2n) is 7.65. The summed E-state index contributed by atoms with van der Waals surface area (Å²) in [5.41, 5.74) is 0.0759. The Labute approximate surface area is 145 Å². The van der Waals surface area contributed by atoms with Crippen molar-refractivity contribution in [2.24, 2.45) is 10.9 Å². The van der Waals surface area contributed by atoms with Gasteiger partial charge < -0.3 is 15.4 Å². The average Bonchev–Trinajstić information content (AvgIpc) is 2.91. The van der Waals surface area contributed by atoms with Crippen LogP contribution in [0.5, 0.6) is 0 Å². The summed E-state index contributed by atoms with van der Waals surface area (Å²) in [4.78, 5) is 4.32. The van der Waals surface area contributed by atoms with E-state index in [-0.39, 0.29) is 11.5 Å². The Bertz CT molecular complexity index is 550. The van der Waals surface area contributed by atoms with E-state index in [1.807, 2.05) is 0 Å². The van der Waals surface area contributed by atoms with E-state index in [0.29, 0.717) is 24.1 Å². The second-order valence-corrected chi connectivity index (χ2v) is 9.88. The molecule has 3 rings (SSSR count). The fraction of sp³-hybridized carbons (Fsp3) is 0.941. The van der Waals surface area contributed by atoms with Crippen LogP contribution in [0.15, 0.2) is 4.99 Å². The van der Waals surface area contributed by atoms with Crippen molar-refractivity contribution >= 4 is 15.8 Å². The molecule has 0 aromatic carbocycles. The predicted molar refractivity (Wildman–Crippen MR) is 96.0 cm³/mol. The molecular formula is C17H31N3O3S. The van der Waals surface area contributed by atoms with Gasteiger partial charge in [-0.3, -0.25) is 4.99 Å². The van der Waals surface area contributed by atoms with Gasteiger partial charge in [0.2, 0.25) is 0 Å². The molecule has 0 radical (unpaired) electrons. The van der Waals surface area contributed by atoms with E-state index in [1.54, 1.807) is 7.05 Å². The molecule has 3 aliphatic rings. The van der Waals surface area contributed by atoms with Crippen molar-refractivity contribution in [3.05, 3.63) is 0 Å². The Hall–Kier alpha value is -0.820. The van der Waals surface area contributed by atoms with Crippen LogP contribution in [0.1, 0.15) is 51.4 Å². The summed E-state index contributed by atoms with van der Waals surface area (Å²) < 4.78 is 29.3. The number of nitrogens with zero attached hydrogens (tertiary/aromatic N) is 1. The maximum absolute atomic E-state index is 11.6. The van der Waals surface area contributed by atoms with Crippen molar-refractivity contribution in [3.63, 3.8) is 0 Å². The van der Waals surface area contributed by atoms with Crippen LogP contribution in [0.2, 0.25) is 0 Å². The summed E-state index contributed by atoms with van der Waals surface area (Å²) >= 11 is 0. The molecule has 1 spiro atoms. The zero-order chi connectivity index (χ0) is 17.0. The van der Waals surface area contributed by atoms with Crippen LogP contribution in [0, 0.1) is 5.92 Å². The third-order valence-corrected chi connectivity index (χ3v) is 7.54. The lowest BCUT2D eigenvalue weighted by atomic mass is 9.78. The van der Waals surface area contributed by atoms with Gasteiger partial charge in [0.25, 0.3) is 0 Å². The molecule has 2 heterocycles. The lowest BCUT2D eigenvalue weighted by Crippen LogP contribution is -2.52. The molecule has 1 saturated carbocycles. The molecule has 2 atom stereocenters. The van der Waals surface area contributed by atoms with E-state index >= 15 is 0 Å². The first kappa shape index (κ1) is 18.0. The zero-order valence-corrected chi connectivity index (χ0v) is 15.5. The summed E-state index contributed by atoms with van der Waals surface area (Å²) in [5.74, 6) is 1.62. The first-order chi connectivity index (χ1) is 11.5. The maximum atomic E-state index is 11.6. The van der Waals surface area contributed by atoms with E-state index in [2.05, 4.69) is 15.6 Å². The van der Waals surface area contributed by atoms with Crippen molar-refractivity contribution in [1.29, 1.82) is 0 Å². The molecule has 24 heavy (non-hydrogen) atoms. The third-order valence-electron chi connectivity index (χ3n) is 5.71. The summed E-state index contributed by atoms with van der Waals surface area (Å²) in [5, 5.41) is 6.85. The topological polar surface area (TPSA) is 79.8 Å². The van der Waals surface area contributed by atoms with Crippen LogP contribution in [-0.4, -0.2) is 57.7 Å². The molecule has 0 aromatic heterocycles. The number of hydrogen-bond acceptors (Lipinski definition) is 4. The van der Waals surface area contributed by atoms with Crippen LogP contribution in [0.3, 0.4) is 0 Å². The van der Waals surface area contributed by atoms with Crippen LogP contribution in [-0.2, 0) is 14.6 Å². The molecule has 2 unspecified atom stereocenters. The molecule has 1 aliphatic carbocycles. The molecule has 138 valence electrons. The van der Waals surface area contributed by atoms with Gasteiger partial charge >= 0.3 is 0 Å². The summed E-state index contributed by atoms with van der Waals surface area (Å²) in [6.07, 6.45) is 9.04. The fourth-order valence-electron chi connectivity index (χ4n) is 4.36. The standard InChI is InChI=1S/C17H31N3O3S/c1-18-16(19-12-14-6-10-24(21,22)13-14)20-15-5-9-23-17(11-15)7-3-2-4-8-17/h14-15H,2-13H2,1H3,(H2,18,19,20). The van der Waals surface area contributed by atoms with Crippen LogP contribution in [0.25, 0.3) is 0 Å². The minimum Gasteiger partial charge on any atom is -0.375 e. The molecule has 0 aromatic rings. The Kier molecular flexibility index (Phi) is 5.70. The Morgan fingerprint density at radius 1 is 1.25 bits per heavy atom. The predicted octanol–water partition coefficient (Wildman–Crippen LogP) is 1.47. The molecule has 2 saturated heterocycles. The lowest BCUT2D eigenvalue weighted by molar-refractivity contribution is -0.107. The Balaban J connectivity index is 1.48. The number of aliphatic imine (C=N–C) groups is 1. The number of rotatable bonds is 3. The number of ether oxygens (including phenoxy) is 1. The largest absolute Gasteiger partial charge is 0.375 e. The molecule has 0 bridgehead atoms. The minimum atomic E-state index is -2.81. The highest BCUT2D eigenvalue weighted by molar-refractivity contribution is 7.91. The molecule has 2 aliphatic heterocycles. The van der Waals surface area contributed by atoms with Gasteiger partial charge in [-0.25, -0.2) is 8.42 Å². The highest BCUT2D eigenvalue weighted by Gasteiger charge is 2.38. The second kappa shape index (κ2) is 7.60. The maximum Gasteiger partial charge on any atom is 0.191 e. The molecule has 0 amide bonds. The first-order valence-electron chi connectivity index (χ1n) is 9.32. The van der Waals surface area contributed by atoms with E-state index in [1.165, 1.54) is 32.1 Å². The summed E-state index contributed by atoms with van der Waals surface area (Å²) in [6, 6.07) is 0.385.